The summed E-state index contributed by atoms with van der Waals surface area (Å²) >= 11 is 0. The Morgan fingerprint density at radius 1 is 0.674 bits per heavy atom. The van der Waals surface area contributed by atoms with Gasteiger partial charge in [0.1, 0.15) is 11.7 Å². The fraction of sp³-hybridized carbons (Fsp3) is 0.972. The molecule has 10 rings (SSSR count). The lowest BCUT2D eigenvalue weighted by Gasteiger charge is -2.61. The molecule has 260 valence electrons. The Balaban J connectivity index is 1.13. The van der Waals surface area contributed by atoms with Gasteiger partial charge >= 0.3 is 0 Å². The molecule has 0 aromatic heterocycles. The third kappa shape index (κ3) is 4.74. The van der Waals surface area contributed by atoms with Crippen LogP contribution in [0.25, 0.3) is 0 Å². The molecule has 2 spiro atoms. The fourth-order valence-corrected chi connectivity index (χ4v) is 11.1. The van der Waals surface area contributed by atoms with E-state index in [9.17, 15) is 0 Å². The van der Waals surface area contributed by atoms with Crippen molar-refractivity contribution in [2.75, 3.05) is 0 Å². The first-order chi connectivity index (χ1) is 21.7. The second-order valence-electron chi connectivity index (χ2n) is 17.8. The quantitative estimate of drug-likeness (QED) is 0.181. The van der Waals surface area contributed by atoms with Gasteiger partial charge in [-0.05, 0) is 109 Å². The number of hydrogen-bond donors (Lipinski definition) is 0. The molecular weight excluding hydrogens is 590 g/mol. The number of oxime groups is 1. The van der Waals surface area contributed by atoms with Crippen molar-refractivity contribution in [1.29, 1.82) is 0 Å². The van der Waals surface area contributed by atoms with Gasteiger partial charge in [-0.15, -0.1) is 0 Å². The van der Waals surface area contributed by atoms with E-state index in [-0.39, 0.29) is 35.9 Å². The summed E-state index contributed by atoms with van der Waals surface area (Å²) < 4.78 is 27.5. The molecule has 16 atom stereocenters. The zero-order valence-electron chi connectivity index (χ0n) is 29.4. The lowest BCUT2D eigenvalue weighted by atomic mass is 9.56. The molecule has 8 saturated heterocycles. The van der Waals surface area contributed by atoms with Crippen molar-refractivity contribution < 1.29 is 43.3 Å². The average molecular weight is 648 g/mol. The Hall–Kier alpha value is -0.850. The van der Waals surface area contributed by atoms with Crippen molar-refractivity contribution in [3.05, 3.63) is 0 Å². The van der Waals surface area contributed by atoms with Gasteiger partial charge < -0.3 is 23.8 Å². The Morgan fingerprint density at radius 2 is 1.20 bits per heavy atom. The Kier molecular flexibility index (Phi) is 7.61. The maximum Gasteiger partial charge on any atom is 0.201 e. The third-order valence-electron chi connectivity index (χ3n) is 13.6. The molecule has 2 aliphatic carbocycles. The van der Waals surface area contributed by atoms with Crippen LogP contribution in [-0.4, -0.2) is 58.9 Å². The van der Waals surface area contributed by atoms with Crippen LogP contribution in [-0.2, 0) is 43.3 Å². The van der Waals surface area contributed by atoms with Crippen LogP contribution in [0.4, 0.5) is 0 Å². The third-order valence-corrected chi connectivity index (χ3v) is 13.6. The van der Waals surface area contributed by atoms with Gasteiger partial charge in [0.2, 0.25) is 11.6 Å². The molecule has 0 aromatic carbocycles. The molecule has 2 saturated carbocycles. The van der Waals surface area contributed by atoms with Crippen LogP contribution in [0.2, 0.25) is 0 Å². The standard InChI is InChI=1S/C36H57NO9/c1-19-10-12-25-21(3)28(38-30-35(25)23(19)14-16-33(8,40-30)43-45-35)18-27(37-42-32(5,6)7)29-22(4)26-13-11-20(2)24-15-17-34(9)41-31(39-29)36(24,26)46-44-34/h19-26,28-31H,10-18H2,1-9H3/b37-27-/t19-,20-,21-,22-,23+,24+,25+,26+,28-,29+,30-,31-,33-,34-,35-,36-/m1/s1. The summed E-state index contributed by atoms with van der Waals surface area (Å²) in [5, 5.41) is 4.92. The number of hydrogen-bond acceptors (Lipinski definition) is 10. The van der Waals surface area contributed by atoms with E-state index in [1.807, 2.05) is 34.6 Å². The number of fused-ring (bicyclic) bond motifs is 4. The maximum absolute atomic E-state index is 7.08. The highest BCUT2D eigenvalue weighted by atomic mass is 17.3. The lowest BCUT2D eigenvalue weighted by molar-refractivity contribution is -0.571. The summed E-state index contributed by atoms with van der Waals surface area (Å²) in [4.78, 5) is 31.2. The highest BCUT2D eigenvalue weighted by Gasteiger charge is 2.71. The molecule has 10 fully saturated rings. The molecule has 0 N–H and O–H groups in total. The molecule has 0 amide bonds. The van der Waals surface area contributed by atoms with E-state index in [0.717, 1.165) is 50.7 Å². The molecule has 0 radical (unpaired) electrons. The van der Waals surface area contributed by atoms with Gasteiger partial charge in [-0.1, -0.05) is 32.9 Å². The van der Waals surface area contributed by atoms with Gasteiger partial charge in [0, 0.05) is 31.1 Å². The monoisotopic (exact) mass is 647 g/mol. The van der Waals surface area contributed by atoms with E-state index in [0.29, 0.717) is 30.1 Å². The van der Waals surface area contributed by atoms with Crippen molar-refractivity contribution in [2.24, 2.45) is 52.5 Å². The van der Waals surface area contributed by atoms with E-state index >= 15 is 0 Å². The van der Waals surface area contributed by atoms with Crippen LogP contribution >= 0.6 is 0 Å². The molecule has 46 heavy (non-hydrogen) atoms. The normalized spacial score (nSPS) is 56.4. The Labute approximate surface area is 274 Å². The van der Waals surface area contributed by atoms with E-state index < -0.39 is 41.0 Å². The summed E-state index contributed by atoms with van der Waals surface area (Å²) in [6.07, 6.45) is 7.03. The van der Waals surface area contributed by atoms with E-state index in [2.05, 4.69) is 27.7 Å². The second-order valence-corrected chi connectivity index (χ2v) is 17.8. The van der Waals surface area contributed by atoms with Crippen LogP contribution in [0.3, 0.4) is 0 Å². The van der Waals surface area contributed by atoms with Crippen molar-refractivity contribution in [2.45, 2.75) is 173 Å². The summed E-state index contributed by atoms with van der Waals surface area (Å²) in [5.41, 5.74) is -0.832. The van der Waals surface area contributed by atoms with Gasteiger partial charge in [0.25, 0.3) is 0 Å². The predicted octanol–water partition coefficient (Wildman–Crippen LogP) is 7.05. The summed E-state index contributed by atoms with van der Waals surface area (Å²) in [6, 6.07) is 0. The molecule has 10 aliphatic rings. The maximum atomic E-state index is 7.08. The first kappa shape index (κ1) is 32.4. The molecule has 10 heteroatoms. The molecule has 0 unspecified atom stereocenters. The Bertz CT molecular complexity index is 1220. The van der Waals surface area contributed by atoms with Gasteiger partial charge in [-0.2, -0.15) is 0 Å². The number of nitrogens with zero attached hydrogens (tertiary/aromatic N) is 1. The minimum absolute atomic E-state index is 0.106. The minimum atomic E-state index is -0.833. The van der Waals surface area contributed by atoms with Gasteiger partial charge in [0.15, 0.2) is 23.8 Å². The zero-order chi connectivity index (χ0) is 32.4. The number of rotatable bonds is 4. The average Bonchev–Trinajstić information content (AvgIpc) is 3.37. The van der Waals surface area contributed by atoms with Crippen LogP contribution < -0.4 is 0 Å². The highest BCUT2D eigenvalue weighted by Crippen LogP contribution is 2.63. The molecule has 10 nitrogen and oxygen atoms in total. The fourth-order valence-electron chi connectivity index (χ4n) is 11.1. The first-order valence-electron chi connectivity index (χ1n) is 18.3. The first-order valence-corrected chi connectivity index (χ1v) is 18.3. The molecule has 8 heterocycles. The van der Waals surface area contributed by atoms with Gasteiger partial charge in [-0.3, -0.25) is 0 Å². The van der Waals surface area contributed by atoms with Crippen LogP contribution in [0.1, 0.15) is 120 Å². The topological polar surface area (TPSA) is 95.4 Å². The van der Waals surface area contributed by atoms with Crippen molar-refractivity contribution in [1.82, 2.24) is 0 Å². The van der Waals surface area contributed by atoms with Crippen molar-refractivity contribution in [3.8, 4) is 0 Å². The zero-order valence-corrected chi connectivity index (χ0v) is 29.4. The molecule has 4 bridgehead atoms. The van der Waals surface area contributed by atoms with Crippen LogP contribution in [0.5, 0.6) is 0 Å². The van der Waals surface area contributed by atoms with Crippen molar-refractivity contribution in [3.63, 3.8) is 0 Å². The van der Waals surface area contributed by atoms with Gasteiger partial charge in [-0.25, -0.2) is 19.6 Å². The molecular formula is C36H57NO9. The highest BCUT2D eigenvalue weighted by molar-refractivity contribution is 5.89. The van der Waals surface area contributed by atoms with E-state index in [1.165, 1.54) is 6.42 Å². The van der Waals surface area contributed by atoms with E-state index in [1.54, 1.807) is 0 Å². The lowest BCUT2D eigenvalue weighted by Crippen LogP contribution is -2.71. The van der Waals surface area contributed by atoms with E-state index in [4.69, 9.17) is 48.5 Å². The predicted molar refractivity (Wildman–Crippen MR) is 167 cm³/mol. The smallest absolute Gasteiger partial charge is 0.201 e. The molecule has 0 aromatic rings. The summed E-state index contributed by atoms with van der Waals surface area (Å²) in [7, 11) is 0. The second kappa shape index (κ2) is 10.8. The Morgan fingerprint density at radius 3 is 1.74 bits per heavy atom. The summed E-state index contributed by atoms with van der Waals surface area (Å²) in [6.45, 7) is 19.3. The summed E-state index contributed by atoms with van der Waals surface area (Å²) in [5.74, 6) is 0.738. The molecule has 8 aliphatic heterocycles. The number of ether oxygens (including phenoxy) is 4. The minimum Gasteiger partial charge on any atom is -0.390 e. The SMILES string of the molecule is C[C@H]1[C@@H](/C(C[C@H]2O[C@@H]3O[C@@]4(C)CC[C@H]5[C@H](C)CC[C@@H]([C@H]2C)[C@@]35OO4)=N\OC(C)(C)C)O[C@@H]2O[C@@]3(C)CC[C@H]4[C@H](C)CC[C@@H]1[C@@]24OO3. The largest absolute Gasteiger partial charge is 0.390 e. The van der Waals surface area contributed by atoms with Crippen LogP contribution in [0.15, 0.2) is 5.16 Å². The van der Waals surface area contributed by atoms with Crippen LogP contribution in [0, 0.1) is 47.3 Å². The van der Waals surface area contributed by atoms with Crippen molar-refractivity contribution >= 4 is 5.71 Å². The van der Waals surface area contributed by atoms with Gasteiger partial charge in [0.05, 0.1) is 11.8 Å².